The molecule has 0 aromatic carbocycles. The van der Waals surface area contributed by atoms with E-state index in [4.69, 9.17) is 0 Å². The lowest BCUT2D eigenvalue weighted by atomic mass is 10.0. The van der Waals surface area contributed by atoms with Crippen LogP contribution in [0, 0.1) is 0 Å². The number of hydrogen-bond acceptors (Lipinski definition) is 3. The smallest absolute Gasteiger partial charge is 0.281 e. The highest BCUT2D eigenvalue weighted by atomic mass is 32.2. The van der Waals surface area contributed by atoms with Crippen LogP contribution in [0.2, 0.25) is 0 Å². The van der Waals surface area contributed by atoms with Gasteiger partial charge in [-0.3, -0.25) is 4.55 Å². The molecule has 1 amide bonds. The summed E-state index contributed by atoms with van der Waals surface area (Å²) in [5.41, 5.74) is 0.276. The summed E-state index contributed by atoms with van der Waals surface area (Å²) >= 11 is 0. The summed E-state index contributed by atoms with van der Waals surface area (Å²) in [6.07, 6.45) is 0.929. The van der Waals surface area contributed by atoms with Crippen molar-refractivity contribution >= 4 is 16.0 Å². The van der Waals surface area contributed by atoms with Gasteiger partial charge in [-0.2, -0.15) is 8.42 Å². The van der Waals surface area contributed by atoms with Gasteiger partial charge in [-0.25, -0.2) is 9.28 Å². The molecule has 0 spiro atoms. The molecule has 1 unspecified atom stereocenters. The Kier molecular flexibility index (Phi) is 5.28. The van der Waals surface area contributed by atoms with Crippen molar-refractivity contribution in [3.8, 4) is 0 Å². The lowest BCUT2D eigenvalue weighted by Gasteiger charge is -2.43. The van der Waals surface area contributed by atoms with Gasteiger partial charge in [-0.05, 0) is 13.3 Å². The number of carbonyl (C=O) groups excluding carboxylic acids is 1. The maximum atomic E-state index is 12.2. The maximum absolute atomic E-state index is 12.2. The van der Waals surface area contributed by atoms with E-state index < -0.39 is 19.5 Å². The number of carbonyl (C=O) groups is 1. The average Bonchev–Trinajstić information content (AvgIpc) is 2.22. The van der Waals surface area contributed by atoms with Gasteiger partial charge in [0.25, 0.3) is 0 Å². The van der Waals surface area contributed by atoms with Crippen LogP contribution in [0.3, 0.4) is 0 Å². The number of quaternary nitrogens is 1. The van der Waals surface area contributed by atoms with E-state index in [1.54, 1.807) is 13.8 Å². The van der Waals surface area contributed by atoms with E-state index in [2.05, 4.69) is 6.58 Å². The predicted molar refractivity (Wildman–Crippen MR) is 71.4 cm³/mol. The molecule has 18 heavy (non-hydrogen) atoms. The molecule has 0 bridgehead atoms. The third kappa shape index (κ3) is 2.65. The van der Waals surface area contributed by atoms with Crippen LogP contribution in [0.25, 0.3) is 0 Å². The monoisotopic (exact) mass is 278 g/mol. The highest BCUT2D eigenvalue weighted by Crippen LogP contribution is 2.36. The molecule has 0 aromatic rings. The molecule has 5 nitrogen and oxygen atoms in total. The first-order valence-corrected chi connectivity index (χ1v) is 7.43. The van der Waals surface area contributed by atoms with Gasteiger partial charge < -0.3 is 0 Å². The van der Waals surface area contributed by atoms with Crippen LogP contribution in [0.4, 0.5) is 0 Å². The minimum atomic E-state index is -4.36. The van der Waals surface area contributed by atoms with Gasteiger partial charge >= 0.3 is 16.0 Å². The van der Waals surface area contributed by atoms with E-state index >= 15 is 0 Å². The van der Waals surface area contributed by atoms with E-state index in [1.807, 2.05) is 6.92 Å². The summed E-state index contributed by atoms with van der Waals surface area (Å²) in [7, 11) is -1.36. The minimum absolute atomic E-state index is 0.158. The summed E-state index contributed by atoms with van der Waals surface area (Å²) in [5, 5.41) is 0. The summed E-state index contributed by atoms with van der Waals surface area (Å²) < 4.78 is 32.8. The van der Waals surface area contributed by atoms with Gasteiger partial charge in [0.15, 0.2) is 0 Å². The molecule has 6 heteroatoms. The first-order chi connectivity index (χ1) is 7.98. The van der Waals surface area contributed by atoms with Crippen molar-refractivity contribution in [2.24, 2.45) is 0 Å². The van der Waals surface area contributed by atoms with Crippen molar-refractivity contribution in [3.05, 3.63) is 12.2 Å². The Morgan fingerprint density at radius 2 is 1.78 bits per heavy atom. The van der Waals surface area contributed by atoms with E-state index in [1.165, 1.54) is 14.1 Å². The number of nitrogens with zero attached hydrogens (tertiary/aromatic N) is 1. The first-order valence-electron chi connectivity index (χ1n) is 5.99. The predicted octanol–water partition coefficient (Wildman–Crippen LogP) is 1.96. The maximum Gasteiger partial charge on any atom is 0.341 e. The molecule has 106 valence electrons. The Morgan fingerprint density at radius 1 is 1.33 bits per heavy atom. The van der Waals surface area contributed by atoms with E-state index in [0.717, 1.165) is 0 Å². The molecule has 0 heterocycles. The Morgan fingerprint density at radius 3 is 2.00 bits per heavy atom. The topological polar surface area (TPSA) is 71.4 Å². The number of hydrogen-bond donors (Lipinski definition) is 1. The van der Waals surface area contributed by atoms with Crippen LogP contribution in [-0.2, 0) is 14.9 Å². The standard InChI is InChI=1S/C12H23NO4S/c1-7-9-12(8-2,18(15,16)17)13(5,6)11(14)10(3)4/h3,7-9H2,1-2,4-6H3/p+1. The van der Waals surface area contributed by atoms with Gasteiger partial charge in [0, 0.05) is 18.4 Å². The third-order valence-corrected chi connectivity index (χ3v) is 5.47. The summed E-state index contributed by atoms with van der Waals surface area (Å²) in [4.78, 5) is 10.7. The molecule has 0 saturated carbocycles. The third-order valence-electron chi connectivity index (χ3n) is 3.56. The first kappa shape index (κ1) is 17.3. The molecule has 0 aromatic heterocycles. The van der Waals surface area contributed by atoms with Crippen molar-refractivity contribution in [2.45, 2.75) is 44.9 Å². The Labute approximate surface area is 110 Å². The van der Waals surface area contributed by atoms with Crippen molar-refractivity contribution in [1.82, 2.24) is 0 Å². The van der Waals surface area contributed by atoms with Crippen molar-refractivity contribution < 1.29 is 22.2 Å². The lowest BCUT2D eigenvalue weighted by molar-refractivity contribution is -0.852. The second kappa shape index (κ2) is 5.50. The van der Waals surface area contributed by atoms with Crippen molar-refractivity contribution in [1.29, 1.82) is 0 Å². The molecule has 0 fully saturated rings. The normalized spacial score (nSPS) is 16.1. The Hall–Kier alpha value is -0.720. The number of rotatable bonds is 6. The van der Waals surface area contributed by atoms with Crippen molar-refractivity contribution in [3.63, 3.8) is 0 Å². The lowest BCUT2D eigenvalue weighted by Crippen LogP contribution is -2.66. The Bertz CT molecular complexity index is 439. The van der Waals surface area contributed by atoms with Crippen LogP contribution < -0.4 is 0 Å². The molecule has 1 N–H and O–H groups in total. The number of likely N-dealkylation sites (N-methyl/N-ethyl adjacent to an activating group) is 1. The van der Waals surface area contributed by atoms with Crippen LogP contribution >= 0.6 is 0 Å². The van der Waals surface area contributed by atoms with Gasteiger partial charge in [0.05, 0.1) is 14.1 Å². The molecule has 0 saturated heterocycles. The van der Waals surface area contributed by atoms with E-state index in [9.17, 15) is 17.8 Å². The van der Waals surface area contributed by atoms with E-state index in [-0.39, 0.29) is 24.3 Å². The van der Waals surface area contributed by atoms with Crippen molar-refractivity contribution in [2.75, 3.05) is 14.1 Å². The second-order valence-corrected chi connectivity index (χ2v) is 6.77. The number of amides is 1. The zero-order chi connectivity index (χ0) is 14.8. The molecule has 0 aliphatic rings. The summed E-state index contributed by atoms with van der Waals surface area (Å²) in [5.74, 6) is -0.386. The molecular formula is C12H24NO4S+. The fraction of sp³-hybridized carbons (Fsp3) is 0.750. The second-order valence-electron chi connectivity index (χ2n) is 5.06. The fourth-order valence-electron chi connectivity index (χ4n) is 2.50. The molecule has 0 aliphatic carbocycles. The van der Waals surface area contributed by atoms with Gasteiger partial charge in [0.1, 0.15) is 0 Å². The SMILES string of the molecule is C=C(C)C(=O)[N+](C)(C)C(CC)(CCC)S(=O)(=O)O. The average molecular weight is 278 g/mol. The largest absolute Gasteiger partial charge is 0.341 e. The highest BCUT2D eigenvalue weighted by Gasteiger charge is 2.57. The minimum Gasteiger partial charge on any atom is -0.281 e. The molecular weight excluding hydrogens is 254 g/mol. The molecule has 0 aliphatic heterocycles. The highest BCUT2D eigenvalue weighted by molar-refractivity contribution is 7.87. The van der Waals surface area contributed by atoms with E-state index in [0.29, 0.717) is 6.42 Å². The summed E-state index contributed by atoms with van der Waals surface area (Å²) in [6, 6.07) is 0. The fourth-order valence-corrected chi connectivity index (χ4v) is 3.99. The van der Waals surface area contributed by atoms with Crippen LogP contribution in [0.5, 0.6) is 0 Å². The van der Waals surface area contributed by atoms with Gasteiger partial charge in [-0.15, -0.1) is 0 Å². The summed E-state index contributed by atoms with van der Waals surface area (Å²) in [6.45, 7) is 8.59. The van der Waals surface area contributed by atoms with Gasteiger partial charge in [-0.1, -0.05) is 20.4 Å². The van der Waals surface area contributed by atoms with Crippen LogP contribution in [0.15, 0.2) is 12.2 Å². The quantitative estimate of drug-likeness (QED) is 0.458. The molecule has 0 rings (SSSR count). The zero-order valence-corrected chi connectivity index (χ0v) is 12.7. The van der Waals surface area contributed by atoms with Crippen LogP contribution in [-0.4, -0.2) is 42.3 Å². The van der Waals surface area contributed by atoms with Gasteiger partial charge in [0.2, 0.25) is 4.87 Å². The molecule has 1 atom stereocenters. The Balaban J connectivity index is 6.03. The zero-order valence-electron chi connectivity index (χ0n) is 11.9. The van der Waals surface area contributed by atoms with Crippen LogP contribution in [0.1, 0.15) is 40.0 Å². The molecule has 0 radical (unpaired) electrons.